The van der Waals surface area contributed by atoms with Crippen molar-refractivity contribution in [2.75, 3.05) is 0 Å². The fourth-order valence-corrected chi connectivity index (χ4v) is 3.20. The van der Waals surface area contributed by atoms with Gasteiger partial charge in [-0.1, -0.05) is 64.4 Å². The molecule has 1 aromatic heterocycles. The van der Waals surface area contributed by atoms with E-state index in [4.69, 9.17) is 10.0 Å². The molecule has 0 saturated heterocycles. The van der Waals surface area contributed by atoms with Gasteiger partial charge in [-0.15, -0.1) is 11.3 Å². The lowest BCUT2D eigenvalue weighted by Crippen LogP contribution is -2.26. The Morgan fingerprint density at radius 2 is 1.47 bits per heavy atom. The minimum Gasteiger partial charge on any atom is -0.423 e. The van der Waals surface area contributed by atoms with Gasteiger partial charge in [0.1, 0.15) is 0 Å². The molecule has 0 aliphatic heterocycles. The molecule has 4 heteroatoms. The van der Waals surface area contributed by atoms with Crippen LogP contribution in [0, 0.1) is 0 Å². The zero-order chi connectivity index (χ0) is 13.9. The maximum absolute atomic E-state index is 9.03. The van der Waals surface area contributed by atoms with E-state index in [9.17, 15) is 0 Å². The molecule has 2 nitrogen and oxygen atoms in total. The molecule has 1 rings (SSSR count). The Bertz CT molecular complexity index is 326. The van der Waals surface area contributed by atoms with E-state index in [-0.39, 0.29) is 0 Å². The molecule has 0 aliphatic carbocycles. The van der Waals surface area contributed by atoms with Crippen molar-refractivity contribution >= 4 is 23.2 Å². The normalized spacial score (nSPS) is 10.9. The third-order valence-electron chi connectivity index (χ3n) is 3.46. The lowest BCUT2D eigenvalue weighted by molar-refractivity contribution is 0.427. The minimum absolute atomic E-state index is 0.658. The molecule has 0 radical (unpaired) electrons. The van der Waals surface area contributed by atoms with Crippen LogP contribution in [0.2, 0.25) is 0 Å². The highest BCUT2D eigenvalue weighted by atomic mass is 32.1. The molecule has 0 aromatic carbocycles. The van der Waals surface area contributed by atoms with Crippen LogP contribution < -0.4 is 4.78 Å². The molecule has 0 bridgehead atoms. The summed E-state index contributed by atoms with van der Waals surface area (Å²) >= 11 is 1.52. The smallest absolute Gasteiger partial charge is 0.423 e. The van der Waals surface area contributed by atoms with E-state index in [2.05, 4.69) is 6.92 Å². The second-order valence-electron chi connectivity index (χ2n) is 5.26. The maximum Gasteiger partial charge on any atom is 0.499 e. The number of aryl methyl sites for hydroxylation is 1. The highest BCUT2D eigenvalue weighted by Gasteiger charge is 2.13. The molecule has 0 unspecified atom stereocenters. The van der Waals surface area contributed by atoms with Gasteiger partial charge in [-0.25, -0.2) is 0 Å². The summed E-state index contributed by atoms with van der Waals surface area (Å²) in [5.74, 6) is 0. The first-order valence-corrected chi connectivity index (χ1v) is 8.50. The van der Waals surface area contributed by atoms with Crippen LogP contribution in [-0.4, -0.2) is 17.2 Å². The Kier molecular flexibility index (Phi) is 9.22. The Morgan fingerprint density at radius 3 is 2.00 bits per heavy atom. The second-order valence-corrected chi connectivity index (χ2v) is 6.46. The van der Waals surface area contributed by atoms with Gasteiger partial charge >= 0.3 is 7.12 Å². The lowest BCUT2D eigenvalue weighted by atomic mass is 9.90. The van der Waals surface area contributed by atoms with E-state index in [0.29, 0.717) is 4.78 Å². The lowest BCUT2D eigenvalue weighted by Gasteiger charge is -2.01. The van der Waals surface area contributed by atoms with Crippen molar-refractivity contribution < 1.29 is 10.0 Å². The summed E-state index contributed by atoms with van der Waals surface area (Å²) in [6, 6.07) is 3.84. The zero-order valence-corrected chi connectivity index (χ0v) is 12.9. The topological polar surface area (TPSA) is 40.5 Å². The van der Waals surface area contributed by atoms with Crippen molar-refractivity contribution in [1.82, 2.24) is 0 Å². The molecule has 1 heterocycles. The fraction of sp³-hybridized carbons (Fsp3) is 0.733. The average Bonchev–Trinajstić information content (AvgIpc) is 2.86. The SMILES string of the molecule is CCCCCCCCCCCc1ccc(B(O)O)s1. The van der Waals surface area contributed by atoms with Crippen molar-refractivity contribution in [1.29, 1.82) is 0 Å². The molecular formula is C15H27BO2S. The van der Waals surface area contributed by atoms with Gasteiger partial charge in [-0.05, 0) is 18.9 Å². The molecule has 2 N–H and O–H groups in total. The second kappa shape index (κ2) is 10.5. The van der Waals surface area contributed by atoms with Crippen LogP contribution in [0.5, 0.6) is 0 Å². The number of rotatable bonds is 11. The predicted molar refractivity (Wildman–Crippen MR) is 85.1 cm³/mol. The third-order valence-corrected chi connectivity index (χ3v) is 4.65. The van der Waals surface area contributed by atoms with E-state index >= 15 is 0 Å². The molecule has 0 atom stereocenters. The molecule has 0 spiro atoms. The summed E-state index contributed by atoms with van der Waals surface area (Å²) in [5.41, 5.74) is 0. The molecule has 0 aliphatic rings. The molecule has 0 fully saturated rings. The summed E-state index contributed by atoms with van der Waals surface area (Å²) in [6.45, 7) is 2.26. The van der Waals surface area contributed by atoms with Gasteiger partial charge in [-0.2, -0.15) is 0 Å². The Morgan fingerprint density at radius 1 is 0.895 bits per heavy atom. The summed E-state index contributed by atoms with van der Waals surface area (Å²) in [7, 11) is -1.30. The van der Waals surface area contributed by atoms with E-state index in [1.54, 1.807) is 0 Å². The van der Waals surface area contributed by atoms with Crippen LogP contribution >= 0.6 is 11.3 Å². The van der Waals surface area contributed by atoms with Crippen molar-refractivity contribution in [2.24, 2.45) is 0 Å². The van der Waals surface area contributed by atoms with Gasteiger partial charge < -0.3 is 10.0 Å². The van der Waals surface area contributed by atoms with Gasteiger partial charge in [0, 0.05) is 9.65 Å². The minimum atomic E-state index is -1.30. The summed E-state index contributed by atoms with van der Waals surface area (Å²) in [4.78, 5) is 1.27. The van der Waals surface area contributed by atoms with Gasteiger partial charge in [0.2, 0.25) is 0 Å². The van der Waals surface area contributed by atoms with E-state index in [1.807, 2.05) is 12.1 Å². The van der Waals surface area contributed by atoms with Crippen LogP contribution in [0.3, 0.4) is 0 Å². The molecule has 1 aromatic rings. The summed E-state index contributed by atoms with van der Waals surface area (Å²) in [5, 5.41) is 18.1. The molecule has 0 amide bonds. The fourth-order valence-electron chi connectivity index (χ4n) is 2.28. The standard InChI is InChI=1S/C15H27BO2S/c1-2-3-4-5-6-7-8-9-10-11-14-12-13-15(19-14)16(17)18/h12-13,17-18H,2-11H2,1H3. The summed E-state index contributed by atoms with van der Waals surface area (Å²) < 4.78 is 0.658. The van der Waals surface area contributed by atoms with Crippen LogP contribution in [0.4, 0.5) is 0 Å². The number of unbranched alkanes of at least 4 members (excludes halogenated alkanes) is 8. The van der Waals surface area contributed by atoms with Crippen LogP contribution in [0.25, 0.3) is 0 Å². The van der Waals surface area contributed by atoms with Gasteiger partial charge in [-0.3, -0.25) is 0 Å². The molecule has 19 heavy (non-hydrogen) atoms. The Labute approximate surface area is 122 Å². The highest BCUT2D eigenvalue weighted by Crippen LogP contribution is 2.14. The quantitative estimate of drug-likeness (QED) is 0.482. The van der Waals surface area contributed by atoms with Crippen LogP contribution in [0.1, 0.15) is 69.6 Å². The van der Waals surface area contributed by atoms with Gasteiger partial charge in [0.05, 0.1) is 0 Å². The largest absolute Gasteiger partial charge is 0.499 e. The van der Waals surface area contributed by atoms with E-state index in [1.165, 1.54) is 74.0 Å². The molecule has 108 valence electrons. The first-order valence-electron chi connectivity index (χ1n) is 7.68. The van der Waals surface area contributed by atoms with Gasteiger partial charge in [0.15, 0.2) is 0 Å². The van der Waals surface area contributed by atoms with E-state index < -0.39 is 7.12 Å². The van der Waals surface area contributed by atoms with Gasteiger partial charge in [0.25, 0.3) is 0 Å². The third kappa shape index (κ3) is 7.76. The Hall–Kier alpha value is -0.315. The van der Waals surface area contributed by atoms with E-state index in [0.717, 1.165) is 6.42 Å². The average molecular weight is 282 g/mol. The van der Waals surface area contributed by atoms with Crippen LogP contribution in [0.15, 0.2) is 12.1 Å². The first-order chi connectivity index (χ1) is 9.24. The Balaban J connectivity index is 1.95. The number of hydrogen-bond acceptors (Lipinski definition) is 3. The first kappa shape index (κ1) is 16.7. The molecule has 0 saturated carbocycles. The molecular weight excluding hydrogens is 255 g/mol. The maximum atomic E-state index is 9.03. The number of thiophene rings is 1. The highest BCUT2D eigenvalue weighted by molar-refractivity contribution is 7.22. The predicted octanol–water partition coefficient (Wildman–Crippen LogP) is 3.50. The zero-order valence-electron chi connectivity index (χ0n) is 12.1. The van der Waals surface area contributed by atoms with Crippen molar-refractivity contribution in [3.05, 3.63) is 17.0 Å². The monoisotopic (exact) mass is 282 g/mol. The van der Waals surface area contributed by atoms with Crippen LogP contribution in [-0.2, 0) is 6.42 Å². The van der Waals surface area contributed by atoms with Crippen molar-refractivity contribution in [2.45, 2.75) is 71.1 Å². The summed E-state index contributed by atoms with van der Waals surface area (Å²) in [6.07, 6.45) is 13.2. The van der Waals surface area contributed by atoms with Crippen molar-refractivity contribution in [3.63, 3.8) is 0 Å². The van der Waals surface area contributed by atoms with Crippen molar-refractivity contribution in [3.8, 4) is 0 Å². The number of hydrogen-bond donors (Lipinski definition) is 2.